The highest BCUT2D eigenvalue weighted by molar-refractivity contribution is 5.82. The van der Waals surface area contributed by atoms with Crippen molar-refractivity contribution < 1.29 is 25.2 Å². The Labute approximate surface area is 124 Å². The summed E-state index contributed by atoms with van der Waals surface area (Å²) >= 11 is 0. The average Bonchev–Trinajstić information content (AvgIpc) is 2.54. The van der Waals surface area contributed by atoms with Gasteiger partial charge in [0.1, 0.15) is 24.4 Å². The van der Waals surface area contributed by atoms with E-state index in [0.717, 1.165) is 0 Å². The molecule has 2 rings (SSSR count). The molecule has 2 aliphatic heterocycles. The topological polar surface area (TPSA) is 134 Å². The number of aliphatic hydroxyl groups is 4. The van der Waals surface area contributed by atoms with Gasteiger partial charge in [-0.3, -0.25) is 10.1 Å². The largest absolute Gasteiger partial charge is 0.395 e. The molecule has 8 heteroatoms. The van der Waals surface area contributed by atoms with Crippen LogP contribution in [-0.4, -0.2) is 83.5 Å². The Morgan fingerprint density at radius 2 is 1.71 bits per heavy atom. The van der Waals surface area contributed by atoms with E-state index in [1.807, 2.05) is 0 Å². The molecule has 8 nitrogen and oxygen atoms in total. The van der Waals surface area contributed by atoms with Gasteiger partial charge in [-0.15, -0.1) is 0 Å². The molecule has 2 heterocycles. The van der Waals surface area contributed by atoms with Gasteiger partial charge in [0.05, 0.1) is 12.6 Å². The number of rotatable bonds is 2. The Morgan fingerprint density at radius 3 is 2.10 bits per heavy atom. The molecule has 0 aromatic rings. The first-order valence-corrected chi connectivity index (χ1v) is 7.36. The zero-order valence-corrected chi connectivity index (χ0v) is 12.3. The molecule has 2 fully saturated rings. The summed E-state index contributed by atoms with van der Waals surface area (Å²) in [6.07, 6.45) is 0.0619. The van der Waals surface area contributed by atoms with E-state index < -0.39 is 42.9 Å². The van der Waals surface area contributed by atoms with Crippen LogP contribution in [0.2, 0.25) is 0 Å². The van der Waals surface area contributed by atoms with Crippen LogP contribution in [0.1, 0.15) is 19.3 Å². The first-order chi connectivity index (χ1) is 10.0. The van der Waals surface area contributed by atoms with Crippen LogP contribution in [-0.2, 0) is 4.79 Å². The van der Waals surface area contributed by atoms with Crippen molar-refractivity contribution in [3.63, 3.8) is 0 Å². The van der Waals surface area contributed by atoms with Crippen LogP contribution in [0.4, 0.5) is 0 Å². The van der Waals surface area contributed by atoms with Gasteiger partial charge in [0.2, 0.25) is 5.91 Å². The second kappa shape index (κ2) is 9.29. The molecule has 0 bridgehead atoms. The average molecular weight is 305 g/mol. The molecular formula is C13H27N3O5. The van der Waals surface area contributed by atoms with Gasteiger partial charge in [-0.1, -0.05) is 6.42 Å². The van der Waals surface area contributed by atoms with Crippen LogP contribution >= 0.6 is 0 Å². The maximum atomic E-state index is 11.3. The molecule has 21 heavy (non-hydrogen) atoms. The molecule has 0 aromatic carbocycles. The number of amides is 1. The number of carbonyl (C=O) groups is 1. The van der Waals surface area contributed by atoms with Crippen LogP contribution in [0.15, 0.2) is 0 Å². The van der Waals surface area contributed by atoms with Crippen molar-refractivity contribution in [1.82, 2.24) is 16.0 Å². The van der Waals surface area contributed by atoms with E-state index in [0.29, 0.717) is 0 Å². The van der Waals surface area contributed by atoms with E-state index in [9.17, 15) is 20.1 Å². The number of piperidine rings is 2. The Bertz CT molecular complexity index is 301. The quantitative estimate of drug-likeness (QED) is 0.287. The molecule has 2 aliphatic rings. The third kappa shape index (κ3) is 5.17. The summed E-state index contributed by atoms with van der Waals surface area (Å²) in [6, 6.07) is -1.86. The number of hydrogen-bond donors (Lipinski definition) is 7. The maximum absolute atomic E-state index is 11.3. The minimum absolute atomic E-state index is 0.432. The fourth-order valence-corrected chi connectivity index (χ4v) is 2.41. The summed E-state index contributed by atoms with van der Waals surface area (Å²) in [5, 5.41) is 45.4. The third-order valence-electron chi connectivity index (χ3n) is 3.78. The third-order valence-corrected chi connectivity index (χ3v) is 3.78. The molecule has 0 saturated carbocycles. The van der Waals surface area contributed by atoms with E-state index >= 15 is 0 Å². The fraction of sp³-hybridized carbons (Fsp3) is 0.923. The van der Waals surface area contributed by atoms with Crippen molar-refractivity contribution in [3.8, 4) is 0 Å². The first-order valence-electron chi connectivity index (χ1n) is 7.36. The van der Waals surface area contributed by atoms with Crippen molar-refractivity contribution in [2.45, 2.75) is 49.7 Å². The van der Waals surface area contributed by atoms with E-state index in [2.05, 4.69) is 16.0 Å². The molecule has 5 atom stereocenters. The molecule has 0 radical (unpaired) electrons. The summed E-state index contributed by atoms with van der Waals surface area (Å²) in [5.74, 6) is -0.508. The zero-order valence-electron chi connectivity index (χ0n) is 12.3. The van der Waals surface area contributed by atoms with Crippen LogP contribution in [0.3, 0.4) is 0 Å². The van der Waals surface area contributed by atoms with Gasteiger partial charge in [0, 0.05) is 7.05 Å². The van der Waals surface area contributed by atoms with Crippen molar-refractivity contribution in [1.29, 1.82) is 0 Å². The highest BCUT2D eigenvalue weighted by Crippen LogP contribution is 2.15. The van der Waals surface area contributed by atoms with Crippen LogP contribution in [0, 0.1) is 0 Å². The fourth-order valence-electron chi connectivity index (χ4n) is 2.41. The summed E-state index contributed by atoms with van der Waals surface area (Å²) in [7, 11) is 1.39. The van der Waals surface area contributed by atoms with Gasteiger partial charge in [0.25, 0.3) is 0 Å². The molecule has 124 valence electrons. The molecule has 2 saturated heterocycles. The molecule has 0 aromatic heterocycles. The lowest BCUT2D eigenvalue weighted by Crippen LogP contribution is -2.69. The SMILES string of the molecule is C1CCNCC1.CNC(=O)C1NC(CO)C(O)C(O)C1O. The lowest BCUT2D eigenvalue weighted by molar-refractivity contribution is -0.144. The predicted molar refractivity (Wildman–Crippen MR) is 76.6 cm³/mol. The molecular weight excluding hydrogens is 278 g/mol. The van der Waals surface area contributed by atoms with E-state index in [4.69, 9.17) is 5.11 Å². The summed E-state index contributed by atoms with van der Waals surface area (Å²) in [5.41, 5.74) is 0. The molecule has 0 aliphatic carbocycles. The van der Waals surface area contributed by atoms with Gasteiger partial charge in [-0.2, -0.15) is 0 Å². The van der Waals surface area contributed by atoms with Gasteiger partial charge in [0.15, 0.2) is 0 Å². The minimum Gasteiger partial charge on any atom is -0.395 e. The Morgan fingerprint density at radius 1 is 1.10 bits per heavy atom. The number of aliphatic hydroxyl groups excluding tert-OH is 4. The molecule has 5 unspecified atom stereocenters. The van der Waals surface area contributed by atoms with Crippen molar-refractivity contribution >= 4 is 5.91 Å². The maximum Gasteiger partial charge on any atom is 0.239 e. The van der Waals surface area contributed by atoms with Crippen molar-refractivity contribution in [2.75, 3.05) is 26.7 Å². The Kier molecular flexibility index (Phi) is 8.09. The number of likely N-dealkylation sites (N-methyl/N-ethyl adjacent to an activating group) is 1. The molecule has 1 amide bonds. The van der Waals surface area contributed by atoms with Crippen molar-refractivity contribution in [2.24, 2.45) is 0 Å². The van der Waals surface area contributed by atoms with Gasteiger partial charge >= 0.3 is 0 Å². The normalized spacial score (nSPS) is 36.3. The van der Waals surface area contributed by atoms with Crippen LogP contribution in [0.5, 0.6) is 0 Å². The standard InChI is InChI=1S/C8H16N2O5.C5H11N/c1-9-8(15)4-6(13)7(14)5(12)3(2-11)10-4;1-2-4-6-5-3-1/h3-7,10-14H,2H2,1H3,(H,9,15);6H,1-5H2. The van der Waals surface area contributed by atoms with Crippen LogP contribution < -0.4 is 16.0 Å². The number of carbonyl (C=O) groups excluding carboxylic acids is 1. The van der Waals surface area contributed by atoms with E-state index in [1.54, 1.807) is 0 Å². The van der Waals surface area contributed by atoms with Gasteiger partial charge < -0.3 is 31.1 Å². The summed E-state index contributed by atoms with van der Waals surface area (Å²) in [4.78, 5) is 11.3. The Balaban J connectivity index is 0.000000304. The van der Waals surface area contributed by atoms with Crippen molar-refractivity contribution in [3.05, 3.63) is 0 Å². The highest BCUT2D eigenvalue weighted by atomic mass is 16.4. The second-order valence-corrected chi connectivity index (χ2v) is 5.33. The van der Waals surface area contributed by atoms with Gasteiger partial charge in [-0.25, -0.2) is 0 Å². The lowest BCUT2D eigenvalue weighted by Gasteiger charge is -2.39. The predicted octanol–water partition coefficient (Wildman–Crippen LogP) is -3.09. The highest BCUT2D eigenvalue weighted by Gasteiger charge is 2.44. The minimum atomic E-state index is -1.45. The second-order valence-electron chi connectivity index (χ2n) is 5.33. The zero-order chi connectivity index (χ0) is 15.8. The molecule has 7 N–H and O–H groups in total. The number of nitrogens with one attached hydrogen (secondary N) is 3. The Hall–Kier alpha value is -0.770. The lowest BCUT2D eigenvalue weighted by atomic mass is 9.90. The van der Waals surface area contributed by atoms with E-state index in [-0.39, 0.29) is 0 Å². The van der Waals surface area contributed by atoms with Crippen LogP contribution in [0.25, 0.3) is 0 Å². The smallest absolute Gasteiger partial charge is 0.239 e. The first kappa shape index (κ1) is 18.3. The summed E-state index contributed by atoms with van der Waals surface area (Å²) in [6.45, 7) is 2.07. The monoisotopic (exact) mass is 305 g/mol. The molecule has 0 spiro atoms. The number of hydrogen-bond acceptors (Lipinski definition) is 7. The summed E-state index contributed by atoms with van der Waals surface area (Å²) < 4.78 is 0. The van der Waals surface area contributed by atoms with E-state index in [1.165, 1.54) is 39.4 Å². The van der Waals surface area contributed by atoms with Gasteiger partial charge in [-0.05, 0) is 25.9 Å².